The molecule has 1 aromatic heterocycles. The standard InChI is InChI=1S/C9H13NO4S2/c1-6(3-9(11)12)16(13,14)5-8-4-15-7(2)10-8/h4,6H,3,5H2,1-2H3,(H,11,12). The molecule has 0 saturated heterocycles. The summed E-state index contributed by atoms with van der Waals surface area (Å²) >= 11 is 1.38. The summed E-state index contributed by atoms with van der Waals surface area (Å²) in [6.07, 6.45) is -0.370. The van der Waals surface area contributed by atoms with Crippen molar-refractivity contribution in [3.8, 4) is 0 Å². The fraction of sp³-hybridized carbons (Fsp3) is 0.556. The van der Waals surface area contributed by atoms with Crippen molar-refractivity contribution in [1.82, 2.24) is 4.98 Å². The molecule has 5 nitrogen and oxygen atoms in total. The molecule has 1 atom stereocenters. The van der Waals surface area contributed by atoms with Crippen LogP contribution in [0.5, 0.6) is 0 Å². The molecular weight excluding hydrogens is 250 g/mol. The maximum atomic E-state index is 11.7. The lowest BCUT2D eigenvalue weighted by molar-refractivity contribution is -0.136. The largest absolute Gasteiger partial charge is 0.481 e. The number of aryl methyl sites for hydroxylation is 1. The van der Waals surface area contributed by atoms with Gasteiger partial charge in [0.1, 0.15) is 0 Å². The minimum atomic E-state index is -3.43. The Bertz CT molecular complexity index is 477. The lowest BCUT2D eigenvalue weighted by Crippen LogP contribution is -2.22. The first-order chi connectivity index (χ1) is 7.31. The minimum absolute atomic E-state index is 0.189. The van der Waals surface area contributed by atoms with E-state index < -0.39 is 21.1 Å². The van der Waals surface area contributed by atoms with Gasteiger partial charge < -0.3 is 5.11 Å². The molecule has 0 fully saturated rings. The molecule has 1 unspecified atom stereocenters. The van der Waals surface area contributed by atoms with Gasteiger partial charge in [0.05, 0.1) is 28.1 Å². The Hall–Kier alpha value is -0.950. The van der Waals surface area contributed by atoms with Crippen LogP contribution in [0.3, 0.4) is 0 Å². The van der Waals surface area contributed by atoms with Crippen LogP contribution in [-0.2, 0) is 20.4 Å². The van der Waals surface area contributed by atoms with Crippen LogP contribution < -0.4 is 0 Å². The zero-order valence-electron chi connectivity index (χ0n) is 9.00. The molecule has 0 aliphatic rings. The molecule has 1 N–H and O–H groups in total. The molecular formula is C9H13NO4S2. The normalized spacial score (nSPS) is 13.6. The van der Waals surface area contributed by atoms with Crippen molar-refractivity contribution in [2.45, 2.75) is 31.3 Å². The van der Waals surface area contributed by atoms with Gasteiger partial charge in [-0.05, 0) is 13.8 Å². The molecule has 7 heteroatoms. The number of hydrogen-bond donors (Lipinski definition) is 1. The molecule has 0 aliphatic heterocycles. The van der Waals surface area contributed by atoms with Crippen LogP contribution >= 0.6 is 11.3 Å². The van der Waals surface area contributed by atoms with Crippen LogP contribution in [0.25, 0.3) is 0 Å². The highest BCUT2D eigenvalue weighted by molar-refractivity contribution is 7.91. The van der Waals surface area contributed by atoms with Crippen molar-refractivity contribution in [2.75, 3.05) is 0 Å². The number of carboxylic acid groups (broad SMARTS) is 1. The van der Waals surface area contributed by atoms with Gasteiger partial charge in [-0.25, -0.2) is 13.4 Å². The van der Waals surface area contributed by atoms with Gasteiger partial charge in [-0.3, -0.25) is 4.79 Å². The van der Waals surface area contributed by atoms with Gasteiger partial charge in [-0.2, -0.15) is 0 Å². The highest BCUT2D eigenvalue weighted by Gasteiger charge is 2.24. The predicted octanol–water partition coefficient (Wildman–Crippen LogP) is 1.23. The van der Waals surface area contributed by atoms with E-state index in [1.165, 1.54) is 18.3 Å². The number of carbonyl (C=O) groups is 1. The van der Waals surface area contributed by atoms with Gasteiger partial charge in [0, 0.05) is 5.38 Å². The molecule has 1 aromatic rings. The first-order valence-electron chi connectivity index (χ1n) is 4.65. The van der Waals surface area contributed by atoms with E-state index in [0.717, 1.165) is 5.01 Å². The minimum Gasteiger partial charge on any atom is -0.481 e. The lowest BCUT2D eigenvalue weighted by Gasteiger charge is -2.08. The van der Waals surface area contributed by atoms with Crippen molar-refractivity contribution in [2.24, 2.45) is 0 Å². The van der Waals surface area contributed by atoms with E-state index in [1.807, 2.05) is 0 Å². The van der Waals surface area contributed by atoms with Crippen LogP contribution in [0.4, 0.5) is 0 Å². The number of aromatic nitrogens is 1. The van der Waals surface area contributed by atoms with E-state index in [0.29, 0.717) is 5.69 Å². The Balaban J connectivity index is 2.75. The van der Waals surface area contributed by atoms with Crippen LogP contribution in [0.2, 0.25) is 0 Å². The summed E-state index contributed by atoms with van der Waals surface area (Å²) in [5.74, 6) is -1.29. The Morgan fingerprint density at radius 1 is 1.62 bits per heavy atom. The number of rotatable bonds is 5. The van der Waals surface area contributed by atoms with Crippen molar-refractivity contribution >= 4 is 27.1 Å². The van der Waals surface area contributed by atoms with E-state index in [-0.39, 0.29) is 12.2 Å². The molecule has 90 valence electrons. The van der Waals surface area contributed by atoms with Crippen LogP contribution in [-0.4, -0.2) is 29.7 Å². The zero-order valence-corrected chi connectivity index (χ0v) is 10.6. The third kappa shape index (κ3) is 3.57. The summed E-state index contributed by atoms with van der Waals surface area (Å²) < 4.78 is 23.5. The number of hydrogen-bond acceptors (Lipinski definition) is 5. The quantitative estimate of drug-likeness (QED) is 0.863. The maximum absolute atomic E-state index is 11.7. The Kier molecular flexibility index (Phi) is 4.03. The molecule has 0 saturated carbocycles. The Labute approximate surface area is 98.1 Å². The van der Waals surface area contributed by atoms with Crippen LogP contribution in [0.15, 0.2) is 5.38 Å². The third-order valence-electron chi connectivity index (χ3n) is 2.09. The van der Waals surface area contributed by atoms with Gasteiger partial charge in [0.15, 0.2) is 9.84 Å². The molecule has 0 aromatic carbocycles. The first kappa shape index (κ1) is 13.1. The van der Waals surface area contributed by atoms with Crippen LogP contribution in [0.1, 0.15) is 24.0 Å². The first-order valence-corrected chi connectivity index (χ1v) is 7.25. The lowest BCUT2D eigenvalue weighted by atomic mass is 10.3. The molecule has 0 aliphatic carbocycles. The zero-order chi connectivity index (χ0) is 12.3. The van der Waals surface area contributed by atoms with E-state index in [2.05, 4.69) is 4.98 Å². The second-order valence-corrected chi connectivity index (χ2v) is 7.05. The highest BCUT2D eigenvalue weighted by Crippen LogP contribution is 2.15. The Morgan fingerprint density at radius 3 is 2.69 bits per heavy atom. The third-order valence-corrected chi connectivity index (χ3v) is 5.00. The number of carboxylic acids is 1. The van der Waals surface area contributed by atoms with E-state index in [4.69, 9.17) is 5.11 Å². The number of aliphatic carboxylic acids is 1. The van der Waals surface area contributed by atoms with Crippen molar-refractivity contribution in [1.29, 1.82) is 0 Å². The van der Waals surface area contributed by atoms with Gasteiger partial charge in [0.25, 0.3) is 0 Å². The van der Waals surface area contributed by atoms with Gasteiger partial charge in [-0.15, -0.1) is 11.3 Å². The second kappa shape index (κ2) is 4.92. The molecule has 0 amide bonds. The topological polar surface area (TPSA) is 84.3 Å². The van der Waals surface area contributed by atoms with E-state index >= 15 is 0 Å². The molecule has 1 heterocycles. The maximum Gasteiger partial charge on any atom is 0.304 e. The van der Waals surface area contributed by atoms with Crippen molar-refractivity contribution in [3.05, 3.63) is 16.1 Å². The smallest absolute Gasteiger partial charge is 0.304 e. The van der Waals surface area contributed by atoms with Crippen LogP contribution in [0, 0.1) is 6.92 Å². The van der Waals surface area contributed by atoms with Crippen molar-refractivity contribution < 1.29 is 18.3 Å². The average Bonchev–Trinajstić information content (AvgIpc) is 2.49. The van der Waals surface area contributed by atoms with Gasteiger partial charge in [-0.1, -0.05) is 0 Å². The van der Waals surface area contributed by atoms with Crippen molar-refractivity contribution in [3.63, 3.8) is 0 Å². The van der Waals surface area contributed by atoms with Gasteiger partial charge in [0.2, 0.25) is 0 Å². The monoisotopic (exact) mass is 263 g/mol. The summed E-state index contributed by atoms with van der Waals surface area (Å²) in [6, 6.07) is 0. The average molecular weight is 263 g/mol. The molecule has 0 bridgehead atoms. The molecule has 1 rings (SSSR count). The summed E-state index contributed by atoms with van der Waals surface area (Å²) in [4.78, 5) is 14.5. The SMILES string of the molecule is Cc1nc(CS(=O)(=O)C(C)CC(=O)O)cs1. The molecule has 0 spiro atoms. The van der Waals surface area contributed by atoms with E-state index in [1.54, 1.807) is 12.3 Å². The summed E-state index contributed by atoms with van der Waals surface area (Å²) in [7, 11) is -3.43. The molecule has 0 radical (unpaired) electrons. The van der Waals surface area contributed by atoms with Gasteiger partial charge >= 0.3 is 5.97 Å². The Morgan fingerprint density at radius 2 is 2.25 bits per heavy atom. The number of nitrogens with zero attached hydrogens (tertiary/aromatic N) is 1. The summed E-state index contributed by atoms with van der Waals surface area (Å²) in [5.41, 5.74) is 0.486. The second-order valence-electron chi connectivity index (χ2n) is 3.57. The summed E-state index contributed by atoms with van der Waals surface area (Å²) in [5, 5.41) is 10.1. The molecule has 16 heavy (non-hydrogen) atoms. The van der Waals surface area contributed by atoms with E-state index in [9.17, 15) is 13.2 Å². The fourth-order valence-electron chi connectivity index (χ4n) is 1.20. The highest BCUT2D eigenvalue weighted by atomic mass is 32.2. The fourth-order valence-corrected chi connectivity index (χ4v) is 3.16. The number of thiazole rings is 1. The predicted molar refractivity (Wildman–Crippen MR) is 61.2 cm³/mol. The number of sulfone groups is 1. The summed E-state index contributed by atoms with van der Waals surface area (Å²) in [6.45, 7) is 3.20.